The van der Waals surface area contributed by atoms with Gasteiger partial charge in [0.25, 0.3) is 0 Å². The highest BCUT2D eigenvalue weighted by Crippen LogP contribution is 2.34. The number of benzene rings is 1. The molecule has 1 saturated heterocycles. The molecule has 0 radical (unpaired) electrons. The zero-order chi connectivity index (χ0) is 16.5. The lowest BCUT2D eigenvalue weighted by molar-refractivity contribution is -0.137. The van der Waals surface area contributed by atoms with Crippen LogP contribution in [0.15, 0.2) is 52.2 Å². The van der Waals surface area contributed by atoms with Crippen LogP contribution in [0.5, 0.6) is 0 Å². The molecule has 1 aromatic carbocycles. The summed E-state index contributed by atoms with van der Waals surface area (Å²) < 4.78 is 12.4. The molecule has 1 aliphatic rings. The maximum atomic E-state index is 11.8. The lowest BCUT2D eigenvalue weighted by atomic mass is 10.2. The summed E-state index contributed by atoms with van der Waals surface area (Å²) in [6.07, 6.45) is 2.32. The first kappa shape index (κ1) is 15.0. The average Bonchev–Trinajstić information content (AvgIpc) is 3.30. The smallest absolute Gasteiger partial charge is 0.319 e. The number of furan rings is 1. The molecular weight excluding hydrogens is 326 g/mol. The van der Waals surface area contributed by atoms with Gasteiger partial charge < -0.3 is 9.15 Å². The zero-order valence-corrected chi connectivity index (χ0v) is 13.8. The van der Waals surface area contributed by atoms with Crippen LogP contribution in [0.2, 0.25) is 0 Å². The minimum atomic E-state index is -0.241. The Morgan fingerprint density at radius 2 is 2.04 bits per heavy atom. The molecule has 0 spiro atoms. The second-order valence-electron chi connectivity index (χ2n) is 5.43. The molecular formula is C17H15N3O3S. The van der Waals surface area contributed by atoms with Crippen LogP contribution >= 0.6 is 11.8 Å². The number of hydrogen-bond donors (Lipinski definition) is 0. The predicted molar refractivity (Wildman–Crippen MR) is 89.0 cm³/mol. The Hall–Kier alpha value is -2.54. The van der Waals surface area contributed by atoms with Crippen LogP contribution in [0.1, 0.15) is 12.2 Å². The molecule has 6 nitrogen and oxygen atoms in total. The third-order valence-electron chi connectivity index (χ3n) is 3.88. The number of nitrogens with zero attached hydrogens (tertiary/aromatic N) is 3. The zero-order valence-electron chi connectivity index (χ0n) is 13.0. The van der Waals surface area contributed by atoms with Crippen LogP contribution in [0.3, 0.4) is 0 Å². The second kappa shape index (κ2) is 6.16. The molecule has 7 heteroatoms. The number of esters is 1. The summed E-state index contributed by atoms with van der Waals surface area (Å²) in [5.41, 5.74) is 1.82. The van der Waals surface area contributed by atoms with Crippen molar-refractivity contribution in [3.05, 3.63) is 48.4 Å². The Labute approximate surface area is 142 Å². The standard InChI is InChI=1S/C17H15N3O3S/c1-11-13(7-9-22-11)15-18-19-17(24-14-8-10-23-16(14)21)20(15)12-5-3-2-4-6-12/h2-7,9,14H,8,10H2,1H3/t14-/m0/s1. The van der Waals surface area contributed by atoms with Crippen molar-refractivity contribution in [1.82, 2.24) is 14.8 Å². The summed E-state index contributed by atoms with van der Waals surface area (Å²) in [5.74, 6) is 1.28. The van der Waals surface area contributed by atoms with E-state index in [4.69, 9.17) is 9.15 Å². The number of para-hydroxylation sites is 1. The number of carbonyl (C=O) groups is 1. The number of aromatic nitrogens is 3. The fourth-order valence-corrected chi connectivity index (χ4v) is 3.68. The van der Waals surface area contributed by atoms with Crippen molar-refractivity contribution in [3.63, 3.8) is 0 Å². The summed E-state index contributed by atoms with van der Waals surface area (Å²) in [4.78, 5) is 11.8. The van der Waals surface area contributed by atoms with E-state index >= 15 is 0 Å². The molecule has 4 rings (SSSR count). The van der Waals surface area contributed by atoms with Gasteiger partial charge in [-0.3, -0.25) is 9.36 Å². The molecule has 24 heavy (non-hydrogen) atoms. The van der Waals surface area contributed by atoms with E-state index in [1.807, 2.05) is 47.9 Å². The lowest BCUT2D eigenvalue weighted by Crippen LogP contribution is -2.11. The molecule has 2 aromatic heterocycles. The van der Waals surface area contributed by atoms with Gasteiger partial charge in [0.1, 0.15) is 11.0 Å². The van der Waals surface area contributed by atoms with Crippen molar-refractivity contribution in [3.8, 4) is 17.1 Å². The maximum absolute atomic E-state index is 11.8. The quantitative estimate of drug-likeness (QED) is 0.679. The Kier molecular flexibility index (Phi) is 3.86. The van der Waals surface area contributed by atoms with Gasteiger partial charge >= 0.3 is 5.97 Å². The monoisotopic (exact) mass is 341 g/mol. The van der Waals surface area contributed by atoms with Gasteiger partial charge in [-0.1, -0.05) is 30.0 Å². The van der Waals surface area contributed by atoms with E-state index < -0.39 is 0 Å². The maximum Gasteiger partial charge on any atom is 0.319 e. The molecule has 0 aliphatic carbocycles. The molecule has 1 aliphatic heterocycles. The van der Waals surface area contributed by atoms with Crippen LogP contribution in [0.25, 0.3) is 17.1 Å². The van der Waals surface area contributed by atoms with E-state index in [-0.39, 0.29) is 11.2 Å². The molecule has 1 fully saturated rings. The van der Waals surface area contributed by atoms with E-state index in [2.05, 4.69) is 10.2 Å². The average molecular weight is 341 g/mol. The fourth-order valence-electron chi connectivity index (χ4n) is 2.66. The Morgan fingerprint density at radius 3 is 2.71 bits per heavy atom. The SMILES string of the molecule is Cc1occc1-c1nnc(S[C@H]2CCOC2=O)n1-c1ccccc1. The van der Waals surface area contributed by atoms with E-state index in [0.29, 0.717) is 24.0 Å². The predicted octanol–water partition coefficient (Wildman–Crippen LogP) is 3.24. The van der Waals surface area contributed by atoms with Gasteiger partial charge in [0.2, 0.25) is 0 Å². The highest BCUT2D eigenvalue weighted by Gasteiger charge is 2.30. The van der Waals surface area contributed by atoms with Crippen molar-refractivity contribution in [2.45, 2.75) is 23.8 Å². The summed E-state index contributed by atoms with van der Waals surface area (Å²) in [6.45, 7) is 2.35. The van der Waals surface area contributed by atoms with Crippen LogP contribution in [-0.4, -0.2) is 32.6 Å². The number of carbonyl (C=O) groups excluding carboxylic acids is 1. The van der Waals surface area contributed by atoms with Gasteiger partial charge in [-0.05, 0) is 25.1 Å². The summed E-state index contributed by atoms with van der Waals surface area (Å²) in [5, 5.41) is 9.08. The molecule has 3 heterocycles. The number of rotatable bonds is 4. The van der Waals surface area contributed by atoms with Crippen LogP contribution in [-0.2, 0) is 9.53 Å². The number of hydrogen-bond acceptors (Lipinski definition) is 6. The van der Waals surface area contributed by atoms with Crippen molar-refractivity contribution in [2.24, 2.45) is 0 Å². The van der Waals surface area contributed by atoms with Gasteiger partial charge in [0.05, 0.1) is 18.4 Å². The number of ether oxygens (including phenoxy) is 1. The fraction of sp³-hybridized carbons (Fsp3) is 0.235. The molecule has 0 amide bonds. The highest BCUT2D eigenvalue weighted by molar-refractivity contribution is 8.00. The summed E-state index contributed by atoms with van der Waals surface area (Å²) >= 11 is 1.39. The number of thioether (sulfide) groups is 1. The first-order chi connectivity index (χ1) is 11.7. The third kappa shape index (κ3) is 2.60. The van der Waals surface area contributed by atoms with Crippen LogP contribution in [0, 0.1) is 6.92 Å². The largest absolute Gasteiger partial charge is 0.469 e. The van der Waals surface area contributed by atoms with Gasteiger partial charge in [-0.2, -0.15) is 0 Å². The number of cyclic esters (lactones) is 1. The van der Waals surface area contributed by atoms with Gasteiger partial charge in [-0.25, -0.2) is 0 Å². The van der Waals surface area contributed by atoms with E-state index in [9.17, 15) is 4.79 Å². The van der Waals surface area contributed by atoms with E-state index in [1.165, 1.54) is 11.8 Å². The van der Waals surface area contributed by atoms with E-state index in [0.717, 1.165) is 17.0 Å². The molecule has 0 bridgehead atoms. The molecule has 0 N–H and O–H groups in total. The van der Waals surface area contributed by atoms with Crippen LogP contribution < -0.4 is 0 Å². The van der Waals surface area contributed by atoms with Gasteiger partial charge in [0, 0.05) is 12.1 Å². The van der Waals surface area contributed by atoms with Gasteiger partial charge in [0.15, 0.2) is 11.0 Å². The number of aryl methyl sites for hydroxylation is 1. The molecule has 0 unspecified atom stereocenters. The summed E-state index contributed by atoms with van der Waals surface area (Å²) in [6, 6.07) is 11.7. The molecule has 122 valence electrons. The minimum absolute atomic E-state index is 0.191. The minimum Gasteiger partial charge on any atom is -0.469 e. The van der Waals surface area contributed by atoms with Gasteiger partial charge in [-0.15, -0.1) is 10.2 Å². The first-order valence-electron chi connectivity index (χ1n) is 7.62. The van der Waals surface area contributed by atoms with Crippen molar-refractivity contribution in [2.75, 3.05) is 6.61 Å². The van der Waals surface area contributed by atoms with Crippen molar-refractivity contribution in [1.29, 1.82) is 0 Å². The first-order valence-corrected chi connectivity index (χ1v) is 8.50. The second-order valence-corrected chi connectivity index (χ2v) is 6.60. The normalized spacial score (nSPS) is 17.2. The Bertz CT molecular complexity index is 872. The molecule has 0 saturated carbocycles. The molecule has 1 atom stereocenters. The third-order valence-corrected chi connectivity index (χ3v) is 5.07. The Balaban J connectivity index is 1.81. The van der Waals surface area contributed by atoms with Crippen molar-refractivity contribution >= 4 is 17.7 Å². The van der Waals surface area contributed by atoms with Crippen molar-refractivity contribution < 1.29 is 13.9 Å². The topological polar surface area (TPSA) is 70.2 Å². The summed E-state index contributed by atoms with van der Waals surface area (Å²) in [7, 11) is 0. The lowest BCUT2D eigenvalue weighted by Gasteiger charge is -2.11. The van der Waals surface area contributed by atoms with E-state index in [1.54, 1.807) is 6.26 Å². The van der Waals surface area contributed by atoms with Crippen LogP contribution in [0.4, 0.5) is 0 Å². The highest BCUT2D eigenvalue weighted by atomic mass is 32.2. The molecule has 3 aromatic rings. The Morgan fingerprint density at radius 1 is 1.21 bits per heavy atom.